The summed E-state index contributed by atoms with van der Waals surface area (Å²) < 4.78 is 15.0. The van der Waals surface area contributed by atoms with Gasteiger partial charge < -0.3 is 10.8 Å². The van der Waals surface area contributed by atoms with Gasteiger partial charge >= 0.3 is 0 Å². The van der Waals surface area contributed by atoms with Gasteiger partial charge in [-0.15, -0.1) is 0 Å². The van der Waals surface area contributed by atoms with Crippen molar-refractivity contribution >= 4 is 5.91 Å². The third kappa shape index (κ3) is 2.10. The van der Waals surface area contributed by atoms with E-state index in [9.17, 15) is 14.3 Å². The molecule has 94 valence electrons. The van der Waals surface area contributed by atoms with Crippen molar-refractivity contribution in [2.24, 2.45) is 5.73 Å². The smallest absolute Gasteiger partial charge is 0.269 e. The van der Waals surface area contributed by atoms with Gasteiger partial charge in [-0.3, -0.25) is 4.79 Å². The number of carbonyl (C=O) groups excluding carboxylic acids is 1. The highest BCUT2D eigenvalue weighted by Gasteiger charge is 2.16. The van der Waals surface area contributed by atoms with E-state index in [1.165, 1.54) is 36.0 Å². The molecule has 5 nitrogen and oxygen atoms in total. The summed E-state index contributed by atoms with van der Waals surface area (Å²) in [5, 5.41) is 13.5. The van der Waals surface area contributed by atoms with E-state index in [1.54, 1.807) is 6.07 Å². The molecule has 0 radical (unpaired) electrons. The van der Waals surface area contributed by atoms with Crippen molar-refractivity contribution in [2.45, 2.75) is 13.0 Å². The molecule has 2 rings (SSSR count). The summed E-state index contributed by atoms with van der Waals surface area (Å²) in [6.45, 7) is 1.46. The first kappa shape index (κ1) is 12.3. The molecule has 18 heavy (non-hydrogen) atoms. The first-order valence-corrected chi connectivity index (χ1v) is 5.33. The first-order valence-electron chi connectivity index (χ1n) is 5.33. The Hall–Kier alpha value is -2.21. The van der Waals surface area contributed by atoms with Crippen LogP contribution in [0.15, 0.2) is 30.5 Å². The van der Waals surface area contributed by atoms with Gasteiger partial charge in [0, 0.05) is 11.8 Å². The third-order valence-electron chi connectivity index (χ3n) is 2.54. The Labute approximate surface area is 103 Å². The number of rotatable bonds is 3. The number of nitrogens with two attached hydrogens (primary N) is 1. The maximum Gasteiger partial charge on any atom is 0.269 e. The number of hydrogen-bond donors (Lipinski definition) is 2. The molecule has 0 bridgehead atoms. The number of aliphatic hydroxyl groups is 1. The minimum atomic E-state index is -0.984. The molecule has 6 heteroatoms. The lowest BCUT2D eigenvalue weighted by molar-refractivity contribution is 0.0995. The molecule has 0 saturated carbocycles. The number of aliphatic hydroxyl groups excluding tert-OH is 1. The predicted octanol–water partition coefficient (Wildman–Crippen LogP) is 1.16. The van der Waals surface area contributed by atoms with Gasteiger partial charge in [0.15, 0.2) is 0 Å². The number of primary amides is 1. The van der Waals surface area contributed by atoms with Crippen LogP contribution in [0.4, 0.5) is 4.39 Å². The third-order valence-corrected chi connectivity index (χ3v) is 2.54. The molecule has 1 heterocycles. The Bertz CT molecular complexity index is 593. The summed E-state index contributed by atoms with van der Waals surface area (Å²) in [5.41, 5.74) is 5.67. The van der Waals surface area contributed by atoms with Gasteiger partial charge in [0.2, 0.25) is 0 Å². The van der Waals surface area contributed by atoms with Crippen molar-refractivity contribution in [3.05, 3.63) is 47.5 Å². The average Bonchev–Trinajstić information content (AvgIpc) is 2.77. The van der Waals surface area contributed by atoms with Gasteiger partial charge in [0.1, 0.15) is 11.5 Å². The Kier molecular flexibility index (Phi) is 3.12. The van der Waals surface area contributed by atoms with Crippen molar-refractivity contribution in [2.75, 3.05) is 0 Å². The van der Waals surface area contributed by atoms with Crippen LogP contribution in [0.25, 0.3) is 5.69 Å². The quantitative estimate of drug-likeness (QED) is 0.856. The fraction of sp³-hybridized carbons (Fsp3) is 0.167. The molecule has 1 unspecified atom stereocenters. The van der Waals surface area contributed by atoms with E-state index in [0.29, 0.717) is 5.69 Å². The van der Waals surface area contributed by atoms with Crippen LogP contribution in [0.5, 0.6) is 0 Å². The van der Waals surface area contributed by atoms with E-state index >= 15 is 0 Å². The molecule has 1 amide bonds. The lowest BCUT2D eigenvalue weighted by Crippen LogP contribution is -2.13. The first-order chi connectivity index (χ1) is 8.50. The van der Waals surface area contributed by atoms with Crippen LogP contribution in [0, 0.1) is 5.82 Å². The van der Waals surface area contributed by atoms with Crippen molar-refractivity contribution in [1.29, 1.82) is 0 Å². The second-order valence-electron chi connectivity index (χ2n) is 3.86. The van der Waals surface area contributed by atoms with Crippen molar-refractivity contribution in [1.82, 2.24) is 9.78 Å². The standard InChI is InChI=1S/C12H12FN3O2/c1-7(17)11-8(13)3-2-4-10(11)16-6-5-9(15-16)12(14)18/h2-7,17H,1H3,(H2,14,18). The molecule has 0 aliphatic rings. The average molecular weight is 249 g/mol. The highest BCUT2D eigenvalue weighted by molar-refractivity contribution is 5.90. The summed E-state index contributed by atoms with van der Waals surface area (Å²) in [5.74, 6) is -1.19. The second kappa shape index (κ2) is 4.58. The largest absolute Gasteiger partial charge is 0.389 e. The van der Waals surface area contributed by atoms with Gasteiger partial charge in [0.25, 0.3) is 5.91 Å². The van der Waals surface area contributed by atoms with Crippen LogP contribution >= 0.6 is 0 Å². The van der Waals surface area contributed by atoms with Crippen LogP contribution in [-0.2, 0) is 0 Å². The normalized spacial score (nSPS) is 12.4. The summed E-state index contributed by atoms with van der Waals surface area (Å²) in [6, 6.07) is 5.79. The van der Waals surface area contributed by atoms with E-state index < -0.39 is 17.8 Å². The fourth-order valence-electron chi connectivity index (χ4n) is 1.73. The molecule has 1 aromatic heterocycles. The highest BCUT2D eigenvalue weighted by atomic mass is 19.1. The van der Waals surface area contributed by atoms with Crippen molar-refractivity contribution < 1.29 is 14.3 Å². The lowest BCUT2D eigenvalue weighted by atomic mass is 10.1. The van der Waals surface area contributed by atoms with Crippen LogP contribution in [0.1, 0.15) is 29.1 Å². The molecule has 1 atom stereocenters. The van der Waals surface area contributed by atoms with Gasteiger partial charge in [-0.25, -0.2) is 9.07 Å². The molecule has 1 aromatic carbocycles. The SMILES string of the molecule is CC(O)c1c(F)cccc1-n1ccc(C(N)=O)n1. The van der Waals surface area contributed by atoms with E-state index in [4.69, 9.17) is 5.73 Å². The minimum absolute atomic E-state index is 0.0794. The van der Waals surface area contributed by atoms with E-state index in [2.05, 4.69) is 5.10 Å². The molecule has 0 spiro atoms. The fourth-order valence-corrected chi connectivity index (χ4v) is 1.73. The predicted molar refractivity (Wildman–Crippen MR) is 62.7 cm³/mol. The summed E-state index contributed by atoms with van der Waals surface area (Å²) in [7, 11) is 0. The van der Waals surface area contributed by atoms with Crippen LogP contribution in [-0.4, -0.2) is 20.8 Å². The molecular formula is C12H12FN3O2. The number of carbonyl (C=O) groups is 1. The minimum Gasteiger partial charge on any atom is -0.389 e. The number of amides is 1. The van der Waals surface area contributed by atoms with Crippen LogP contribution < -0.4 is 5.73 Å². The molecule has 0 fully saturated rings. The van der Waals surface area contributed by atoms with Gasteiger partial charge in [-0.1, -0.05) is 6.07 Å². The zero-order valence-corrected chi connectivity index (χ0v) is 9.67. The van der Waals surface area contributed by atoms with E-state index in [0.717, 1.165) is 0 Å². The topological polar surface area (TPSA) is 81.1 Å². The van der Waals surface area contributed by atoms with E-state index in [1.807, 2.05) is 0 Å². The van der Waals surface area contributed by atoms with Gasteiger partial charge in [0.05, 0.1) is 11.8 Å². The van der Waals surface area contributed by atoms with Crippen LogP contribution in [0.2, 0.25) is 0 Å². The van der Waals surface area contributed by atoms with E-state index in [-0.39, 0.29) is 11.3 Å². The van der Waals surface area contributed by atoms with Gasteiger partial charge in [-0.2, -0.15) is 5.10 Å². The van der Waals surface area contributed by atoms with Crippen LogP contribution in [0.3, 0.4) is 0 Å². The zero-order chi connectivity index (χ0) is 13.3. The molecule has 3 N–H and O–H groups in total. The number of hydrogen-bond acceptors (Lipinski definition) is 3. The number of aromatic nitrogens is 2. The van der Waals surface area contributed by atoms with Crippen molar-refractivity contribution in [3.8, 4) is 5.69 Å². The second-order valence-corrected chi connectivity index (χ2v) is 3.86. The van der Waals surface area contributed by atoms with Gasteiger partial charge in [-0.05, 0) is 25.1 Å². The Morgan fingerprint density at radius 3 is 2.78 bits per heavy atom. The number of halogens is 1. The Morgan fingerprint density at radius 2 is 2.22 bits per heavy atom. The Morgan fingerprint density at radius 1 is 1.50 bits per heavy atom. The summed E-state index contributed by atoms with van der Waals surface area (Å²) >= 11 is 0. The summed E-state index contributed by atoms with van der Waals surface area (Å²) in [6.07, 6.45) is 0.503. The monoisotopic (exact) mass is 249 g/mol. The molecule has 0 saturated heterocycles. The maximum absolute atomic E-state index is 13.7. The van der Waals surface area contributed by atoms with Crippen molar-refractivity contribution in [3.63, 3.8) is 0 Å². The maximum atomic E-state index is 13.7. The number of benzene rings is 1. The Balaban J connectivity index is 2.56. The zero-order valence-electron chi connectivity index (χ0n) is 9.67. The molecule has 2 aromatic rings. The summed E-state index contributed by atoms with van der Waals surface area (Å²) in [4.78, 5) is 11.0. The number of nitrogens with zero attached hydrogens (tertiary/aromatic N) is 2. The molecule has 0 aliphatic carbocycles. The highest BCUT2D eigenvalue weighted by Crippen LogP contribution is 2.24. The molecule has 0 aliphatic heterocycles. The molecular weight excluding hydrogens is 237 g/mol. The lowest BCUT2D eigenvalue weighted by Gasteiger charge is -2.12.